The van der Waals surface area contributed by atoms with Crippen molar-refractivity contribution in [1.82, 2.24) is 10.6 Å². The monoisotopic (exact) mass is 313 g/mol. The first-order valence-corrected chi connectivity index (χ1v) is 6.80. The van der Waals surface area contributed by atoms with E-state index in [1.807, 2.05) is 20.8 Å². The van der Waals surface area contributed by atoms with E-state index in [0.29, 0.717) is 18.5 Å². The predicted molar refractivity (Wildman–Crippen MR) is 88.2 cm³/mol. The molecule has 0 aliphatic heterocycles. The number of nitrogens with one attached hydrogen (secondary N) is 3. The zero-order valence-corrected chi connectivity index (χ0v) is 13.8. The van der Waals surface area contributed by atoms with E-state index in [0.717, 1.165) is 11.3 Å². The topological polar surface area (TPSA) is 70.2 Å². The number of halogens is 1. The number of rotatable bonds is 6. The molecule has 1 rings (SSSR count). The average Bonchev–Trinajstić information content (AvgIpc) is 2.37. The van der Waals surface area contributed by atoms with Crippen molar-refractivity contribution < 1.29 is 9.59 Å². The van der Waals surface area contributed by atoms with Crippen LogP contribution in [0.4, 0.5) is 5.69 Å². The van der Waals surface area contributed by atoms with Crippen molar-refractivity contribution in [3.05, 3.63) is 29.3 Å². The summed E-state index contributed by atoms with van der Waals surface area (Å²) in [6, 6.07) is 5.37. The molecule has 0 heterocycles. The number of hydrogen-bond donors (Lipinski definition) is 3. The Bertz CT molecular complexity index is 490. The number of carbonyl (C=O) groups is 2. The first kappa shape index (κ1) is 19.4. The standard InChI is InChI=1S/C15H23N3O2.ClH/c1-10(2)17-15(20)12-5-6-13(11(3)9-12)18-14(19)7-8-16-4;/h5-6,9-10,16H,7-8H2,1-4H3,(H,17,20)(H,18,19);1H. The Morgan fingerprint density at radius 3 is 2.43 bits per heavy atom. The van der Waals surface area contributed by atoms with Crippen molar-refractivity contribution in [3.8, 4) is 0 Å². The third kappa shape index (κ3) is 6.60. The molecule has 0 saturated carbocycles. The summed E-state index contributed by atoms with van der Waals surface area (Å²) in [6.45, 7) is 6.35. The quantitative estimate of drug-likeness (QED) is 0.753. The molecule has 0 radical (unpaired) electrons. The highest BCUT2D eigenvalue weighted by Crippen LogP contribution is 2.17. The Labute approximate surface area is 132 Å². The molecular formula is C15H24ClN3O2. The summed E-state index contributed by atoms with van der Waals surface area (Å²) in [7, 11) is 1.81. The van der Waals surface area contributed by atoms with Crippen molar-refractivity contribution in [2.75, 3.05) is 18.9 Å². The van der Waals surface area contributed by atoms with Crippen LogP contribution in [0.25, 0.3) is 0 Å². The van der Waals surface area contributed by atoms with Crippen molar-refractivity contribution in [2.24, 2.45) is 0 Å². The Balaban J connectivity index is 0.00000400. The van der Waals surface area contributed by atoms with Gasteiger partial charge >= 0.3 is 0 Å². The van der Waals surface area contributed by atoms with E-state index in [2.05, 4.69) is 16.0 Å². The largest absolute Gasteiger partial charge is 0.350 e. The third-order valence-corrected chi connectivity index (χ3v) is 2.78. The van der Waals surface area contributed by atoms with Gasteiger partial charge in [0.05, 0.1) is 0 Å². The minimum atomic E-state index is -0.101. The van der Waals surface area contributed by atoms with E-state index in [1.54, 1.807) is 25.2 Å². The molecule has 21 heavy (non-hydrogen) atoms. The van der Waals surface area contributed by atoms with Crippen LogP contribution in [0.2, 0.25) is 0 Å². The Hall–Kier alpha value is -1.59. The van der Waals surface area contributed by atoms with Gasteiger partial charge in [-0.15, -0.1) is 12.4 Å². The first-order chi connectivity index (χ1) is 9.43. The zero-order valence-electron chi connectivity index (χ0n) is 12.9. The summed E-state index contributed by atoms with van der Waals surface area (Å²) in [5.41, 5.74) is 2.22. The smallest absolute Gasteiger partial charge is 0.251 e. The maximum absolute atomic E-state index is 11.9. The van der Waals surface area contributed by atoms with Crippen LogP contribution in [-0.2, 0) is 4.79 Å². The highest BCUT2D eigenvalue weighted by molar-refractivity contribution is 5.96. The van der Waals surface area contributed by atoms with Gasteiger partial charge in [-0.2, -0.15) is 0 Å². The van der Waals surface area contributed by atoms with Crippen LogP contribution in [0, 0.1) is 6.92 Å². The van der Waals surface area contributed by atoms with Gasteiger partial charge in [0.25, 0.3) is 5.91 Å². The molecule has 0 aliphatic carbocycles. The normalized spacial score (nSPS) is 9.95. The average molecular weight is 314 g/mol. The second-order valence-electron chi connectivity index (χ2n) is 5.06. The molecule has 118 valence electrons. The summed E-state index contributed by atoms with van der Waals surface area (Å²) in [6.07, 6.45) is 0.422. The fourth-order valence-electron chi connectivity index (χ4n) is 1.74. The fourth-order valence-corrected chi connectivity index (χ4v) is 1.74. The number of carbonyl (C=O) groups excluding carboxylic acids is 2. The van der Waals surface area contributed by atoms with Gasteiger partial charge in [0.1, 0.15) is 0 Å². The molecule has 5 nitrogen and oxygen atoms in total. The van der Waals surface area contributed by atoms with Crippen molar-refractivity contribution in [3.63, 3.8) is 0 Å². The van der Waals surface area contributed by atoms with Crippen LogP contribution in [0.3, 0.4) is 0 Å². The van der Waals surface area contributed by atoms with E-state index in [-0.39, 0.29) is 30.3 Å². The van der Waals surface area contributed by atoms with E-state index < -0.39 is 0 Å². The molecule has 0 aliphatic rings. The predicted octanol–water partition coefficient (Wildman–Crippen LogP) is 2.10. The lowest BCUT2D eigenvalue weighted by molar-refractivity contribution is -0.116. The molecule has 0 atom stereocenters. The van der Waals surface area contributed by atoms with Gasteiger partial charge in [-0.25, -0.2) is 0 Å². The van der Waals surface area contributed by atoms with Gasteiger partial charge in [0, 0.05) is 30.3 Å². The number of anilines is 1. The van der Waals surface area contributed by atoms with Crippen molar-refractivity contribution >= 4 is 29.9 Å². The minimum absolute atomic E-state index is 0. The maximum Gasteiger partial charge on any atom is 0.251 e. The van der Waals surface area contributed by atoms with Crippen LogP contribution in [0.15, 0.2) is 18.2 Å². The lowest BCUT2D eigenvalue weighted by Crippen LogP contribution is -2.30. The Morgan fingerprint density at radius 1 is 1.24 bits per heavy atom. The number of amides is 2. The Morgan fingerprint density at radius 2 is 1.90 bits per heavy atom. The van der Waals surface area contributed by atoms with E-state index in [4.69, 9.17) is 0 Å². The second-order valence-corrected chi connectivity index (χ2v) is 5.06. The lowest BCUT2D eigenvalue weighted by atomic mass is 10.1. The van der Waals surface area contributed by atoms with E-state index in [1.165, 1.54) is 0 Å². The lowest BCUT2D eigenvalue weighted by Gasteiger charge is -2.12. The molecule has 0 unspecified atom stereocenters. The number of hydrogen-bond acceptors (Lipinski definition) is 3. The van der Waals surface area contributed by atoms with Crippen LogP contribution < -0.4 is 16.0 Å². The summed E-state index contributed by atoms with van der Waals surface area (Å²) in [5.74, 6) is -0.141. The van der Waals surface area contributed by atoms with Gasteiger partial charge in [-0.05, 0) is 51.6 Å². The van der Waals surface area contributed by atoms with Gasteiger partial charge in [0.15, 0.2) is 0 Å². The van der Waals surface area contributed by atoms with Gasteiger partial charge in [0.2, 0.25) is 5.91 Å². The molecule has 0 spiro atoms. The molecule has 0 aromatic heterocycles. The van der Waals surface area contributed by atoms with Crippen LogP contribution in [0.5, 0.6) is 0 Å². The zero-order chi connectivity index (χ0) is 15.1. The summed E-state index contributed by atoms with van der Waals surface area (Å²) >= 11 is 0. The first-order valence-electron chi connectivity index (χ1n) is 6.80. The summed E-state index contributed by atoms with van der Waals surface area (Å²) < 4.78 is 0. The van der Waals surface area contributed by atoms with E-state index in [9.17, 15) is 9.59 Å². The molecule has 0 fully saturated rings. The minimum Gasteiger partial charge on any atom is -0.350 e. The SMILES string of the molecule is CNCCC(=O)Nc1ccc(C(=O)NC(C)C)cc1C.Cl. The van der Waals surface area contributed by atoms with Crippen molar-refractivity contribution in [2.45, 2.75) is 33.2 Å². The molecule has 0 saturated heterocycles. The van der Waals surface area contributed by atoms with Gasteiger partial charge in [-0.1, -0.05) is 0 Å². The molecule has 1 aromatic rings. The summed E-state index contributed by atoms with van der Waals surface area (Å²) in [5, 5.41) is 8.61. The molecule has 2 amide bonds. The number of benzene rings is 1. The number of aryl methyl sites for hydroxylation is 1. The molecule has 6 heteroatoms. The van der Waals surface area contributed by atoms with Crippen LogP contribution in [-0.4, -0.2) is 31.4 Å². The van der Waals surface area contributed by atoms with E-state index >= 15 is 0 Å². The Kier molecular flexibility index (Phi) is 8.66. The van der Waals surface area contributed by atoms with Crippen LogP contribution in [0.1, 0.15) is 36.2 Å². The molecule has 0 bridgehead atoms. The van der Waals surface area contributed by atoms with Gasteiger partial charge in [-0.3, -0.25) is 9.59 Å². The second kappa shape index (κ2) is 9.37. The van der Waals surface area contributed by atoms with Gasteiger partial charge < -0.3 is 16.0 Å². The highest BCUT2D eigenvalue weighted by Gasteiger charge is 2.10. The summed E-state index contributed by atoms with van der Waals surface area (Å²) in [4.78, 5) is 23.5. The highest BCUT2D eigenvalue weighted by atomic mass is 35.5. The molecular weight excluding hydrogens is 290 g/mol. The molecule has 3 N–H and O–H groups in total. The third-order valence-electron chi connectivity index (χ3n) is 2.78. The van der Waals surface area contributed by atoms with Crippen molar-refractivity contribution in [1.29, 1.82) is 0 Å². The fraction of sp³-hybridized carbons (Fsp3) is 0.467. The maximum atomic E-state index is 11.9. The van der Waals surface area contributed by atoms with Crippen LogP contribution >= 0.6 is 12.4 Å². The molecule has 1 aromatic carbocycles.